The van der Waals surface area contributed by atoms with E-state index in [0.717, 1.165) is 55.3 Å². The average molecular weight is 439 g/mol. The Kier molecular flexibility index (Phi) is 5.26. The summed E-state index contributed by atoms with van der Waals surface area (Å²) in [4.78, 5) is 34.5. The number of nitrogens with zero attached hydrogens (tertiary/aromatic N) is 4. The smallest absolute Gasteiger partial charge is 0.257 e. The predicted octanol–water partition coefficient (Wildman–Crippen LogP) is 3.70. The van der Waals surface area contributed by atoms with Crippen LogP contribution in [0.25, 0.3) is 0 Å². The quantitative estimate of drug-likeness (QED) is 0.717. The second-order valence-corrected chi connectivity index (χ2v) is 8.96. The maximum atomic E-state index is 13.2. The lowest BCUT2D eigenvalue weighted by molar-refractivity contribution is 0.0588. The number of carbonyl (C=O) groups is 2. The van der Waals surface area contributed by atoms with E-state index in [4.69, 9.17) is 11.6 Å². The average Bonchev–Trinajstić information content (AvgIpc) is 2.82. The minimum absolute atomic E-state index is 0.0218. The molecule has 0 radical (unpaired) electrons. The van der Waals surface area contributed by atoms with E-state index in [1.165, 1.54) is 0 Å². The molecule has 2 amide bonds. The van der Waals surface area contributed by atoms with E-state index in [2.05, 4.69) is 9.80 Å². The van der Waals surface area contributed by atoms with E-state index in [1.54, 1.807) is 6.07 Å². The van der Waals surface area contributed by atoms with Gasteiger partial charge in [0.1, 0.15) is 6.17 Å². The van der Waals surface area contributed by atoms with Crippen LogP contribution >= 0.6 is 11.6 Å². The van der Waals surface area contributed by atoms with E-state index in [0.29, 0.717) is 24.2 Å². The van der Waals surface area contributed by atoms with Crippen molar-refractivity contribution in [1.29, 1.82) is 0 Å². The van der Waals surface area contributed by atoms with Crippen molar-refractivity contribution in [3.05, 3.63) is 58.6 Å². The van der Waals surface area contributed by atoms with Gasteiger partial charge in [0.15, 0.2) is 0 Å². The number of rotatable bonds is 2. The molecule has 0 N–H and O–H groups in total. The van der Waals surface area contributed by atoms with Crippen molar-refractivity contribution in [2.45, 2.75) is 25.4 Å². The summed E-state index contributed by atoms with van der Waals surface area (Å²) < 4.78 is 0. The lowest BCUT2D eigenvalue weighted by atomic mass is 9.97. The standard InChI is InChI=1S/C24H27ClN4O2/c1-26-21-16-17(9-10-18(21)24(31)29-11-5-4-8-22(26)29)23(30)28-14-12-27(13-15-28)20-7-3-2-6-19(20)25/h2-3,6-7,9-10,16,22H,4-5,8,11-15H2,1H3/t22-/m1/s1. The molecule has 3 heterocycles. The first kappa shape index (κ1) is 20.2. The number of carbonyl (C=O) groups excluding carboxylic acids is 2. The monoisotopic (exact) mass is 438 g/mol. The zero-order chi connectivity index (χ0) is 21.5. The summed E-state index contributed by atoms with van der Waals surface area (Å²) in [6.45, 7) is 3.59. The fourth-order valence-electron chi connectivity index (χ4n) is 5.05. The van der Waals surface area contributed by atoms with Gasteiger partial charge < -0.3 is 19.6 Å². The molecule has 31 heavy (non-hydrogen) atoms. The van der Waals surface area contributed by atoms with E-state index in [-0.39, 0.29) is 18.0 Å². The van der Waals surface area contributed by atoms with Crippen LogP contribution in [-0.2, 0) is 0 Å². The Hall–Kier alpha value is -2.73. The van der Waals surface area contributed by atoms with Crippen molar-refractivity contribution >= 4 is 34.8 Å². The van der Waals surface area contributed by atoms with Gasteiger partial charge in [-0.25, -0.2) is 0 Å². The fraction of sp³-hybridized carbons (Fsp3) is 0.417. The minimum Gasteiger partial charge on any atom is -0.367 e. The Labute approximate surface area is 188 Å². The van der Waals surface area contributed by atoms with Crippen LogP contribution in [-0.4, -0.2) is 67.6 Å². The number of piperidine rings is 1. The van der Waals surface area contributed by atoms with Gasteiger partial charge in [-0.2, -0.15) is 0 Å². The third-order valence-corrected chi connectivity index (χ3v) is 7.11. The maximum Gasteiger partial charge on any atom is 0.257 e. The van der Waals surface area contributed by atoms with Crippen molar-refractivity contribution in [3.8, 4) is 0 Å². The molecule has 0 bridgehead atoms. The van der Waals surface area contributed by atoms with E-state index >= 15 is 0 Å². The second-order valence-electron chi connectivity index (χ2n) is 8.55. The molecule has 0 spiro atoms. The first-order valence-electron chi connectivity index (χ1n) is 11.0. The second kappa shape index (κ2) is 8.08. The molecule has 162 valence electrons. The molecular weight excluding hydrogens is 412 g/mol. The Balaban J connectivity index is 1.33. The number of halogens is 1. The van der Waals surface area contributed by atoms with E-state index < -0.39 is 0 Å². The summed E-state index contributed by atoms with van der Waals surface area (Å²) in [5, 5.41) is 0.737. The van der Waals surface area contributed by atoms with Crippen LogP contribution < -0.4 is 9.80 Å². The fourth-order valence-corrected chi connectivity index (χ4v) is 5.30. The van der Waals surface area contributed by atoms with Crippen molar-refractivity contribution < 1.29 is 9.59 Å². The Morgan fingerprint density at radius 3 is 2.52 bits per heavy atom. The van der Waals surface area contributed by atoms with Gasteiger partial charge in [-0.3, -0.25) is 9.59 Å². The highest BCUT2D eigenvalue weighted by atomic mass is 35.5. The number of amides is 2. The summed E-state index contributed by atoms with van der Waals surface area (Å²) in [5.41, 5.74) is 3.23. The number of fused-ring (bicyclic) bond motifs is 2. The maximum absolute atomic E-state index is 13.2. The number of para-hydroxylation sites is 1. The van der Waals surface area contributed by atoms with Crippen molar-refractivity contribution in [1.82, 2.24) is 9.80 Å². The van der Waals surface area contributed by atoms with Gasteiger partial charge in [0.2, 0.25) is 0 Å². The summed E-state index contributed by atoms with van der Waals surface area (Å²) in [7, 11) is 2.03. The van der Waals surface area contributed by atoms with Crippen LogP contribution in [0.15, 0.2) is 42.5 Å². The molecule has 2 saturated heterocycles. The van der Waals surface area contributed by atoms with Crippen LogP contribution in [0.1, 0.15) is 40.0 Å². The lowest BCUT2D eigenvalue weighted by Crippen LogP contribution is -2.56. The number of piperazine rings is 1. The Morgan fingerprint density at radius 2 is 1.74 bits per heavy atom. The lowest BCUT2D eigenvalue weighted by Gasteiger charge is -2.46. The Morgan fingerprint density at radius 1 is 0.968 bits per heavy atom. The van der Waals surface area contributed by atoms with Gasteiger partial charge >= 0.3 is 0 Å². The SMILES string of the molecule is CN1c2cc(C(=O)N3CCN(c4ccccc4Cl)CC3)ccc2C(=O)N2CCCC[C@@H]21. The van der Waals surface area contributed by atoms with E-state index in [1.807, 2.05) is 53.2 Å². The van der Waals surface area contributed by atoms with Gasteiger partial charge in [-0.15, -0.1) is 0 Å². The topological polar surface area (TPSA) is 47.1 Å². The number of hydrogen-bond donors (Lipinski definition) is 0. The highest BCUT2D eigenvalue weighted by Crippen LogP contribution is 2.35. The summed E-state index contributed by atoms with van der Waals surface area (Å²) in [6, 6.07) is 13.4. The first-order valence-corrected chi connectivity index (χ1v) is 11.4. The van der Waals surface area contributed by atoms with Gasteiger partial charge in [-0.1, -0.05) is 23.7 Å². The molecule has 5 rings (SSSR count). The molecule has 1 atom stereocenters. The van der Waals surface area contributed by atoms with Crippen molar-refractivity contribution in [2.24, 2.45) is 0 Å². The third kappa shape index (κ3) is 3.53. The molecule has 3 aliphatic rings. The molecule has 2 aromatic rings. The number of anilines is 2. The van der Waals surface area contributed by atoms with Gasteiger partial charge in [0, 0.05) is 45.3 Å². The molecule has 3 aliphatic heterocycles. The third-order valence-electron chi connectivity index (χ3n) is 6.79. The molecule has 0 aliphatic carbocycles. The largest absolute Gasteiger partial charge is 0.367 e. The van der Waals surface area contributed by atoms with Crippen LogP contribution in [0.3, 0.4) is 0 Å². The van der Waals surface area contributed by atoms with Gasteiger partial charge in [-0.05, 0) is 49.6 Å². The van der Waals surface area contributed by atoms with Gasteiger partial charge in [0.05, 0.1) is 22.0 Å². The highest BCUT2D eigenvalue weighted by Gasteiger charge is 2.37. The normalized spacial score (nSPS) is 21.1. The van der Waals surface area contributed by atoms with Crippen molar-refractivity contribution in [3.63, 3.8) is 0 Å². The van der Waals surface area contributed by atoms with Crippen LogP contribution in [0.2, 0.25) is 5.02 Å². The summed E-state index contributed by atoms with van der Waals surface area (Å²) >= 11 is 6.34. The predicted molar refractivity (Wildman–Crippen MR) is 123 cm³/mol. The summed E-state index contributed by atoms with van der Waals surface area (Å²) in [5.74, 6) is 0.110. The summed E-state index contributed by atoms with van der Waals surface area (Å²) in [6.07, 6.45) is 3.26. The van der Waals surface area contributed by atoms with Crippen molar-refractivity contribution in [2.75, 3.05) is 49.6 Å². The first-order chi connectivity index (χ1) is 15.0. The number of benzene rings is 2. The van der Waals surface area contributed by atoms with Crippen LogP contribution in [0.5, 0.6) is 0 Å². The van der Waals surface area contributed by atoms with Crippen LogP contribution in [0.4, 0.5) is 11.4 Å². The molecule has 2 aromatic carbocycles. The molecule has 7 heteroatoms. The van der Waals surface area contributed by atoms with E-state index in [9.17, 15) is 9.59 Å². The zero-order valence-corrected chi connectivity index (χ0v) is 18.5. The number of hydrogen-bond acceptors (Lipinski definition) is 4. The molecule has 0 aromatic heterocycles. The molecule has 6 nitrogen and oxygen atoms in total. The zero-order valence-electron chi connectivity index (χ0n) is 17.8. The Bertz CT molecular complexity index is 1020. The molecule has 0 unspecified atom stereocenters. The minimum atomic E-state index is 0.0218. The molecule has 0 saturated carbocycles. The highest BCUT2D eigenvalue weighted by molar-refractivity contribution is 6.33. The molecule has 2 fully saturated rings. The molecular formula is C24H27ClN4O2. The van der Waals surface area contributed by atoms with Crippen LogP contribution in [0, 0.1) is 0 Å². The van der Waals surface area contributed by atoms with Gasteiger partial charge in [0.25, 0.3) is 11.8 Å².